The average Bonchev–Trinajstić information content (AvgIpc) is 3.32. The summed E-state index contributed by atoms with van der Waals surface area (Å²) in [6.07, 6.45) is 0.510. The van der Waals surface area contributed by atoms with Crippen LogP contribution < -0.4 is 4.90 Å². The van der Waals surface area contributed by atoms with Crippen LogP contribution in [-0.2, 0) is 16.1 Å². The number of hydrogen-bond acceptors (Lipinski definition) is 5. The van der Waals surface area contributed by atoms with Crippen LogP contribution in [-0.4, -0.2) is 53.7 Å². The number of hydrogen-bond donors (Lipinski definition) is 1. The average molecular weight is 426 g/mol. The molecule has 0 aromatic heterocycles. The van der Waals surface area contributed by atoms with Gasteiger partial charge < -0.3 is 14.6 Å². The molecule has 2 aromatic rings. The molecule has 164 valence electrons. The Morgan fingerprint density at radius 1 is 1.19 bits per heavy atom. The second-order valence-electron chi connectivity index (χ2n) is 8.40. The predicted molar refractivity (Wildman–Crippen MR) is 115 cm³/mol. The molecule has 0 bridgehead atoms. The Morgan fingerprint density at radius 3 is 2.61 bits per heavy atom. The third-order valence-corrected chi connectivity index (χ3v) is 5.88. The summed E-state index contributed by atoms with van der Waals surface area (Å²) >= 11 is 0. The summed E-state index contributed by atoms with van der Waals surface area (Å²) in [5.41, 5.74) is 2.79. The van der Waals surface area contributed by atoms with Gasteiger partial charge in [-0.2, -0.15) is 0 Å². The maximum atomic E-state index is 14.9. The lowest BCUT2D eigenvalue weighted by Gasteiger charge is -2.16. The van der Waals surface area contributed by atoms with Gasteiger partial charge in [0, 0.05) is 31.6 Å². The van der Waals surface area contributed by atoms with Crippen LogP contribution in [0.4, 0.5) is 14.9 Å². The fourth-order valence-corrected chi connectivity index (χ4v) is 4.16. The van der Waals surface area contributed by atoms with E-state index in [4.69, 9.17) is 4.74 Å². The zero-order valence-electron chi connectivity index (χ0n) is 17.6. The summed E-state index contributed by atoms with van der Waals surface area (Å²) in [6.45, 7) is 4.15. The van der Waals surface area contributed by atoms with Crippen LogP contribution >= 0.6 is 0 Å². The minimum Gasteiger partial charge on any atom is -0.444 e. The molecule has 4 rings (SSSR count). The molecule has 6 nitrogen and oxygen atoms in total. The van der Waals surface area contributed by atoms with Gasteiger partial charge in [0.05, 0.1) is 18.3 Å². The molecule has 2 aliphatic rings. The van der Waals surface area contributed by atoms with E-state index in [-0.39, 0.29) is 18.0 Å². The van der Waals surface area contributed by atoms with E-state index in [1.807, 2.05) is 24.3 Å². The number of Topliss-reactive ketones (excluding diaryl/α,β-unsaturated/α-hetero) is 1. The number of carbonyl (C=O) groups is 2. The number of ether oxygens (including phenoxy) is 1. The fraction of sp³-hybridized carbons (Fsp3) is 0.417. The first-order valence-corrected chi connectivity index (χ1v) is 10.7. The van der Waals surface area contributed by atoms with Crippen molar-refractivity contribution in [2.45, 2.75) is 44.9 Å². The Hall–Kier alpha value is -2.77. The molecule has 31 heavy (non-hydrogen) atoms. The van der Waals surface area contributed by atoms with Crippen LogP contribution in [0.3, 0.4) is 0 Å². The Balaban J connectivity index is 1.43. The Bertz CT molecular complexity index is 963. The van der Waals surface area contributed by atoms with Crippen LogP contribution in [0.2, 0.25) is 0 Å². The molecule has 2 atom stereocenters. The van der Waals surface area contributed by atoms with E-state index in [0.29, 0.717) is 37.2 Å². The summed E-state index contributed by atoms with van der Waals surface area (Å²) in [6, 6.07) is 12.5. The van der Waals surface area contributed by atoms with E-state index < -0.39 is 11.9 Å². The van der Waals surface area contributed by atoms with Crippen molar-refractivity contribution in [3.63, 3.8) is 0 Å². The van der Waals surface area contributed by atoms with Crippen molar-refractivity contribution in [2.75, 3.05) is 24.5 Å². The van der Waals surface area contributed by atoms with E-state index in [1.54, 1.807) is 12.1 Å². The van der Waals surface area contributed by atoms with E-state index in [1.165, 1.54) is 17.9 Å². The standard InChI is InChI=1S/C24H27FN2O4/c1-16(28)2-8-21-15-27(24(30)31-21)19-7-9-22(23(25)12-19)18-5-3-17(4-6-18)13-26-11-10-20(29)14-26/h3-7,9,12,20-21,29H,2,8,10-11,13-15H2,1H3/t20-,21+/m1/s1. The Labute approximate surface area is 181 Å². The molecule has 2 aliphatic heterocycles. The van der Waals surface area contributed by atoms with E-state index in [2.05, 4.69) is 4.90 Å². The maximum absolute atomic E-state index is 14.9. The molecule has 2 heterocycles. The summed E-state index contributed by atoms with van der Waals surface area (Å²) in [7, 11) is 0. The summed E-state index contributed by atoms with van der Waals surface area (Å²) in [5.74, 6) is -0.359. The number of halogens is 1. The van der Waals surface area contributed by atoms with E-state index in [9.17, 15) is 19.1 Å². The third kappa shape index (κ3) is 5.11. The predicted octanol–water partition coefficient (Wildman–Crippen LogP) is 3.75. The number of amides is 1. The van der Waals surface area contributed by atoms with Gasteiger partial charge in [0.2, 0.25) is 0 Å². The molecule has 1 amide bonds. The number of aliphatic hydroxyl groups is 1. The highest BCUT2D eigenvalue weighted by Gasteiger charge is 2.32. The van der Waals surface area contributed by atoms with Crippen molar-refractivity contribution in [1.29, 1.82) is 0 Å². The summed E-state index contributed by atoms with van der Waals surface area (Å²) in [4.78, 5) is 26.9. The van der Waals surface area contributed by atoms with Gasteiger partial charge in [-0.1, -0.05) is 24.3 Å². The van der Waals surface area contributed by atoms with Gasteiger partial charge >= 0.3 is 6.09 Å². The lowest BCUT2D eigenvalue weighted by Crippen LogP contribution is -2.24. The van der Waals surface area contributed by atoms with Crippen molar-refractivity contribution in [2.24, 2.45) is 0 Å². The molecule has 2 aromatic carbocycles. The molecule has 0 saturated carbocycles. The summed E-state index contributed by atoms with van der Waals surface area (Å²) < 4.78 is 20.2. The molecular formula is C24H27FN2O4. The third-order valence-electron chi connectivity index (χ3n) is 5.88. The van der Waals surface area contributed by atoms with E-state index >= 15 is 0 Å². The fourth-order valence-electron chi connectivity index (χ4n) is 4.16. The zero-order valence-corrected chi connectivity index (χ0v) is 17.6. The first-order valence-electron chi connectivity index (χ1n) is 10.7. The van der Waals surface area contributed by atoms with Crippen LogP contribution in [0.1, 0.15) is 31.7 Å². The normalized spacial score (nSPS) is 21.5. The lowest BCUT2D eigenvalue weighted by atomic mass is 10.0. The monoisotopic (exact) mass is 426 g/mol. The number of aliphatic hydroxyl groups excluding tert-OH is 1. The minimum atomic E-state index is -0.517. The largest absolute Gasteiger partial charge is 0.444 e. The number of benzene rings is 2. The Morgan fingerprint density at radius 2 is 1.97 bits per heavy atom. The molecule has 0 unspecified atom stereocenters. The molecular weight excluding hydrogens is 399 g/mol. The Kier molecular flexibility index (Phi) is 6.34. The molecule has 0 aliphatic carbocycles. The van der Waals surface area contributed by atoms with Gasteiger partial charge in [-0.15, -0.1) is 0 Å². The first kappa shape index (κ1) is 21.5. The molecule has 2 saturated heterocycles. The number of cyclic esters (lactones) is 1. The van der Waals surface area contributed by atoms with Gasteiger partial charge in [-0.25, -0.2) is 9.18 Å². The quantitative estimate of drug-likeness (QED) is 0.730. The van der Waals surface area contributed by atoms with Crippen molar-refractivity contribution < 1.29 is 23.8 Å². The second-order valence-corrected chi connectivity index (χ2v) is 8.40. The number of rotatable bonds is 7. The van der Waals surface area contributed by atoms with Crippen LogP contribution in [0, 0.1) is 5.82 Å². The van der Waals surface area contributed by atoms with Crippen molar-refractivity contribution in [3.8, 4) is 11.1 Å². The van der Waals surface area contributed by atoms with Crippen LogP contribution in [0.5, 0.6) is 0 Å². The molecule has 2 fully saturated rings. The highest BCUT2D eigenvalue weighted by atomic mass is 19.1. The van der Waals surface area contributed by atoms with Crippen LogP contribution in [0.25, 0.3) is 11.1 Å². The minimum absolute atomic E-state index is 0.0499. The zero-order chi connectivity index (χ0) is 22.0. The maximum Gasteiger partial charge on any atom is 0.414 e. The first-order chi connectivity index (χ1) is 14.9. The number of anilines is 1. The van der Waals surface area contributed by atoms with Gasteiger partial charge in [-0.3, -0.25) is 9.80 Å². The van der Waals surface area contributed by atoms with Gasteiger partial charge in [-0.05, 0) is 49.1 Å². The SMILES string of the molecule is CC(=O)CC[C@H]1CN(c2ccc(-c3ccc(CN4CC[C@@H](O)C4)cc3)c(F)c2)C(=O)O1. The van der Waals surface area contributed by atoms with Crippen molar-refractivity contribution in [3.05, 3.63) is 53.8 Å². The number of β-amino-alcohol motifs (C(OH)–C–C–N with tert-alkyl or cyclic N) is 1. The molecule has 1 N–H and O–H groups in total. The van der Waals surface area contributed by atoms with Crippen LogP contribution in [0.15, 0.2) is 42.5 Å². The molecule has 0 spiro atoms. The van der Waals surface area contributed by atoms with Crippen molar-refractivity contribution in [1.82, 2.24) is 4.90 Å². The second kappa shape index (κ2) is 9.16. The summed E-state index contributed by atoms with van der Waals surface area (Å²) in [5, 5.41) is 9.65. The highest BCUT2D eigenvalue weighted by Crippen LogP contribution is 2.30. The number of likely N-dealkylation sites (tertiary alicyclic amines) is 1. The molecule has 7 heteroatoms. The van der Waals surface area contributed by atoms with E-state index in [0.717, 1.165) is 30.6 Å². The number of carbonyl (C=O) groups excluding carboxylic acids is 2. The number of ketones is 1. The molecule has 0 radical (unpaired) electrons. The highest BCUT2D eigenvalue weighted by molar-refractivity contribution is 5.90. The van der Waals surface area contributed by atoms with Gasteiger partial charge in [0.15, 0.2) is 0 Å². The smallest absolute Gasteiger partial charge is 0.414 e. The lowest BCUT2D eigenvalue weighted by molar-refractivity contribution is -0.117. The number of nitrogens with zero attached hydrogens (tertiary/aromatic N) is 2. The van der Waals surface area contributed by atoms with Crippen molar-refractivity contribution >= 4 is 17.6 Å². The topological polar surface area (TPSA) is 70.1 Å². The van der Waals surface area contributed by atoms with Gasteiger partial charge in [0.1, 0.15) is 17.7 Å². The van der Waals surface area contributed by atoms with Gasteiger partial charge in [0.25, 0.3) is 0 Å².